The van der Waals surface area contributed by atoms with Gasteiger partial charge < -0.3 is 10.4 Å². The van der Waals surface area contributed by atoms with Crippen molar-refractivity contribution in [3.05, 3.63) is 69.0 Å². The third-order valence-corrected chi connectivity index (χ3v) is 3.86. The van der Waals surface area contributed by atoms with E-state index in [9.17, 15) is 27.9 Å². The van der Waals surface area contributed by atoms with Crippen LogP contribution >= 0.6 is 23.2 Å². The van der Waals surface area contributed by atoms with Gasteiger partial charge in [-0.1, -0.05) is 29.3 Å². The average molecular weight is 392 g/mol. The second kappa shape index (κ2) is 7.76. The standard InChI is InChI=1S/C16H10Cl2F3NO3/c17-8-2-1-7(10(18)4-8)3-13(16(24)25)22-15(23)14-11(20)5-9(19)6-12(14)21/h1-2,4-6,13H,3H2,(H,22,23)(H,24,25)/t13-/m1/s1. The molecule has 0 aliphatic heterocycles. The highest BCUT2D eigenvalue weighted by atomic mass is 35.5. The summed E-state index contributed by atoms with van der Waals surface area (Å²) in [4.78, 5) is 23.4. The largest absolute Gasteiger partial charge is 0.480 e. The minimum Gasteiger partial charge on any atom is -0.480 e. The fourth-order valence-corrected chi connectivity index (χ4v) is 2.58. The van der Waals surface area contributed by atoms with Crippen molar-refractivity contribution in [2.45, 2.75) is 12.5 Å². The van der Waals surface area contributed by atoms with E-state index in [1.807, 2.05) is 5.32 Å². The van der Waals surface area contributed by atoms with Crippen molar-refractivity contribution in [3.8, 4) is 0 Å². The van der Waals surface area contributed by atoms with E-state index < -0.39 is 40.9 Å². The molecule has 1 atom stereocenters. The van der Waals surface area contributed by atoms with Crippen LogP contribution < -0.4 is 5.32 Å². The number of carbonyl (C=O) groups is 2. The van der Waals surface area contributed by atoms with Crippen LogP contribution in [0.25, 0.3) is 0 Å². The average Bonchev–Trinajstić information content (AvgIpc) is 2.47. The summed E-state index contributed by atoms with van der Waals surface area (Å²) in [7, 11) is 0. The molecule has 0 aliphatic rings. The zero-order chi connectivity index (χ0) is 18.7. The molecule has 2 aromatic rings. The first kappa shape index (κ1) is 19.1. The molecule has 2 N–H and O–H groups in total. The van der Waals surface area contributed by atoms with Crippen LogP contribution in [0.5, 0.6) is 0 Å². The molecule has 0 radical (unpaired) electrons. The molecule has 132 valence electrons. The summed E-state index contributed by atoms with van der Waals surface area (Å²) in [6.07, 6.45) is -0.249. The van der Waals surface area contributed by atoms with E-state index in [0.717, 1.165) is 0 Å². The van der Waals surface area contributed by atoms with E-state index in [1.54, 1.807) is 0 Å². The molecule has 0 saturated heterocycles. The van der Waals surface area contributed by atoms with Crippen LogP contribution in [-0.4, -0.2) is 23.0 Å². The summed E-state index contributed by atoms with van der Waals surface area (Å²) in [5.74, 6) is -6.85. The van der Waals surface area contributed by atoms with Gasteiger partial charge in [-0.15, -0.1) is 0 Å². The molecule has 0 heterocycles. The maximum Gasteiger partial charge on any atom is 0.326 e. The molecule has 1 amide bonds. The van der Waals surface area contributed by atoms with Crippen molar-refractivity contribution in [2.75, 3.05) is 0 Å². The van der Waals surface area contributed by atoms with Gasteiger partial charge in [0.25, 0.3) is 5.91 Å². The Kier molecular flexibility index (Phi) is 5.92. The van der Waals surface area contributed by atoms with Gasteiger partial charge in [-0.2, -0.15) is 0 Å². The summed E-state index contributed by atoms with van der Waals surface area (Å²) in [6.45, 7) is 0. The molecular formula is C16H10Cl2F3NO3. The summed E-state index contributed by atoms with van der Waals surface area (Å²) < 4.78 is 40.1. The van der Waals surface area contributed by atoms with Gasteiger partial charge in [0, 0.05) is 28.6 Å². The molecule has 0 fully saturated rings. The highest BCUT2D eigenvalue weighted by Crippen LogP contribution is 2.22. The Morgan fingerprint density at radius 1 is 1.08 bits per heavy atom. The lowest BCUT2D eigenvalue weighted by molar-refractivity contribution is -0.139. The van der Waals surface area contributed by atoms with E-state index in [2.05, 4.69) is 0 Å². The van der Waals surface area contributed by atoms with Crippen molar-refractivity contribution in [2.24, 2.45) is 0 Å². The fourth-order valence-electron chi connectivity index (χ4n) is 2.10. The lowest BCUT2D eigenvalue weighted by Gasteiger charge is -2.16. The van der Waals surface area contributed by atoms with Gasteiger partial charge in [0.1, 0.15) is 29.1 Å². The van der Waals surface area contributed by atoms with Crippen LogP contribution in [0.1, 0.15) is 15.9 Å². The summed E-state index contributed by atoms with van der Waals surface area (Å²) >= 11 is 11.7. The smallest absolute Gasteiger partial charge is 0.326 e. The Morgan fingerprint density at radius 3 is 2.20 bits per heavy atom. The molecular weight excluding hydrogens is 382 g/mol. The zero-order valence-electron chi connectivity index (χ0n) is 12.3. The van der Waals surface area contributed by atoms with Crippen molar-refractivity contribution in [3.63, 3.8) is 0 Å². The summed E-state index contributed by atoms with van der Waals surface area (Å²) in [5.41, 5.74) is -0.714. The molecule has 0 spiro atoms. The minimum atomic E-state index is -1.52. The fraction of sp³-hybridized carbons (Fsp3) is 0.125. The molecule has 0 aliphatic carbocycles. The van der Waals surface area contributed by atoms with Crippen LogP contribution in [0.2, 0.25) is 10.0 Å². The highest BCUT2D eigenvalue weighted by Gasteiger charge is 2.26. The van der Waals surface area contributed by atoms with E-state index in [4.69, 9.17) is 23.2 Å². The highest BCUT2D eigenvalue weighted by molar-refractivity contribution is 6.35. The number of benzene rings is 2. The van der Waals surface area contributed by atoms with E-state index in [-0.39, 0.29) is 11.4 Å². The molecule has 0 saturated carbocycles. The molecule has 2 aromatic carbocycles. The van der Waals surface area contributed by atoms with Crippen LogP contribution in [-0.2, 0) is 11.2 Å². The minimum absolute atomic E-state index is 0.173. The number of nitrogens with one attached hydrogen (secondary N) is 1. The number of carboxylic acid groups (broad SMARTS) is 1. The Morgan fingerprint density at radius 2 is 1.68 bits per heavy atom. The molecule has 9 heteroatoms. The van der Waals surface area contributed by atoms with Gasteiger partial charge in [-0.25, -0.2) is 18.0 Å². The van der Waals surface area contributed by atoms with Crippen molar-refractivity contribution in [1.29, 1.82) is 0 Å². The van der Waals surface area contributed by atoms with Gasteiger partial charge >= 0.3 is 5.97 Å². The Labute approximate surface area is 150 Å². The predicted octanol–water partition coefficient (Wildman–Crippen LogP) is 3.84. The maximum absolute atomic E-state index is 13.6. The van der Waals surface area contributed by atoms with Crippen LogP contribution in [0.4, 0.5) is 13.2 Å². The molecule has 0 unspecified atom stereocenters. The van der Waals surface area contributed by atoms with Crippen molar-refractivity contribution in [1.82, 2.24) is 5.32 Å². The Bertz CT molecular complexity index is 822. The topological polar surface area (TPSA) is 66.4 Å². The van der Waals surface area contributed by atoms with Gasteiger partial charge in [0.2, 0.25) is 0 Å². The monoisotopic (exact) mass is 391 g/mol. The third-order valence-electron chi connectivity index (χ3n) is 3.28. The van der Waals surface area contributed by atoms with Gasteiger partial charge in [-0.3, -0.25) is 4.79 Å². The van der Waals surface area contributed by atoms with Crippen molar-refractivity contribution >= 4 is 35.1 Å². The van der Waals surface area contributed by atoms with E-state index in [0.29, 0.717) is 22.7 Å². The Balaban J connectivity index is 2.25. The van der Waals surface area contributed by atoms with Crippen LogP contribution in [0.3, 0.4) is 0 Å². The molecule has 2 rings (SSSR count). The first-order valence-electron chi connectivity index (χ1n) is 6.81. The van der Waals surface area contributed by atoms with Gasteiger partial charge in [-0.05, 0) is 17.7 Å². The second-order valence-electron chi connectivity index (χ2n) is 5.05. The quantitative estimate of drug-likeness (QED) is 0.813. The summed E-state index contributed by atoms with van der Waals surface area (Å²) in [5, 5.41) is 11.7. The van der Waals surface area contributed by atoms with Gasteiger partial charge in [0.15, 0.2) is 0 Å². The number of hydrogen-bond acceptors (Lipinski definition) is 2. The Hall–Kier alpha value is -2.25. The normalized spacial score (nSPS) is 11.9. The number of carbonyl (C=O) groups excluding carboxylic acids is 1. The number of amides is 1. The van der Waals surface area contributed by atoms with E-state index in [1.165, 1.54) is 18.2 Å². The van der Waals surface area contributed by atoms with E-state index >= 15 is 0 Å². The number of hydrogen-bond donors (Lipinski definition) is 2. The first-order chi connectivity index (χ1) is 11.7. The number of carboxylic acids is 1. The van der Waals surface area contributed by atoms with Gasteiger partial charge in [0.05, 0.1) is 0 Å². The lowest BCUT2D eigenvalue weighted by atomic mass is 10.0. The van der Waals surface area contributed by atoms with Crippen LogP contribution in [0, 0.1) is 17.5 Å². The maximum atomic E-state index is 13.6. The lowest BCUT2D eigenvalue weighted by Crippen LogP contribution is -2.43. The molecule has 4 nitrogen and oxygen atoms in total. The second-order valence-corrected chi connectivity index (χ2v) is 5.89. The first-order valence-corrected chi connectivity index (χ1v) is 7.56. The number of rotatable bonds is 5. The summed E-state index contributed by atoms with van der Waals surface area (Å²) in [6, 6.07) is 3.45. The molecule has 0 aromatic heterocycles. The SMILES string of the molecule is O=C(N[C@H](Cc1ccc(Cl)cc1Cl)C(=O)O)c1c(F)cc(F)cc1F. The predicted molar refractivity (Wildman–Crippen MR) is 85.4 cm³/mol. The molecule has 25 heavy (non-hydrogen) atoms. The number of aliphatic carboxylic acids is 1. The van der Waals surface area contributed by atoms with Crippen molar-refractivity contribution < 1.29 is 27.9 Å². The zero-order valence-corrected chi connectivity index (χ0v) is 13.8. The third kappa shape index (κ3) is 4.64. The number of halogens is 5. The van der Waals surface area contributed by atoms with Crippen LogP contribution in [0.15, 0.2) is 30.3 Å². The molecule has 0 bridgehead atoms.